The molecule has 1 aromatic heterocycles. The van der Waals surface area contributed by atoms with Gasteiger partial charge in [0.15, 0.2) is 0 Å². The Morgan fingerprint density at radius 2 is 1.65 bits per heavy atom. The fraction of sp³-hybridized carbons (Fsp3) is 0.296. The van der Waals surface area contributed by atoms with Crippen molar-refractivity contribution in [1.82, 2.24) is 9.97 Å². The molecule has 0 aliphatic heterocycles. The molecule has 0 spiro atoms. The molecule has 0 atom stereocenters. The fourth-order valence-corrected chi connectivity index (χ4v) is 3.78. The zero-order valence-electron chi connectivity index (χ0n) is 18.2. The van der Waals surface area contributed by atoms with E-state index in [9.17, 15) is 4.39 Å². The van der Waals surface area contributed by atoms with Crippen molar-refractivity contribution in [2.45, 2.75) is 46.0 Å². The van der Waals surface area contributed by atoms with Crippen molar-refractivity contribution >= 4 is 11.0 Å². The Balaban J connectivity index is 1.43. The Bertz CT molecular complexity index is 1150. The van der Waals surface area contributed by atoms with Gasteiger partial charge in [0, 0.05) is 0 Å². The van der Waals surface area contributed by atoms with Gasteiger partial charge in [-0.3, -0.25) is 0 Å². The lowest BCUT2D eigenvalue weighted by molar-refractivity contribution is 0.304. The van der Waals surface area contributed by atoms with Crippen LogP contribution in [0.1, 0.15) is 44.6 Å². The van der Waals surface area contributed by atoms with Gasteiger partial charge in [0.2, 0.25) is 0 Å². The number of aryl methyl sites for hydroxylation is 1. The zero-order chi connectivity index (χ0) is 21.6. The van der Waals surface area contributed by atoms with Crippen LogP contribution in [0.3, 0.4) is 0 Å². The highest BCUT2D eigenvalue weighted by atomic mass is 19.1. The van der Waals surface area contributed by atoms with Crippen LogP contribution >= 0.6 is 0 Å². The van der Waals surface area contributed by atoms with Gasteiger partial charge in [-0.2, -0.15) is 0 Å². The Kier molecular flexibility index (Phi) is 6.66. The van der Waals surface area contributed by atoms with Crippen LogP contribution in [-0.4, -0.2) is 16.6 Å². The molecule has 0 amide bonds. The molecule has 0 unspecified atom stereocenters. The molecule has 3 aromatic carbocycles. The summed E-state index contributed by atoms with van der Waals surface area (Å²) in [6, 6.07) is 19.1. The average Bonchev–Trinajstić information content (AvgIpc) is 3.19. The van der Waals surface area contributed by atoms with Crippen LogP contribution in [0, 0.1) is 12.7 Å². The number of H-pyrrole nitrogens is 1. The fourth-order valence-electron chi connectivity index (χ4n) is 3.78. The number of nitrogens with one attached hydrogen (secondary N) is 1. The molecule has 0 aliphatic carbocycles. The van der Waals surface area contributed by atoms with E-state index in [4.69, 9.17) is 4.74 Å². The minimum Gasteiger partial charge on any atom is -0.494 e. The second-order valence-corrected chi connectivity index (χ2v) is 8.09. The molecule has 1 heterocycles. The van der Waals surface area contributed by atoms with Gasteiger partial charge in [-0.1, -0.05) is 56.9 Å². The Hall–Kier alpha value is -3.14. The summed E-state index contributed by atoms with van der Waals surface area (Å²) in [5, 5.41) is 0. The second kappa shape index (κ2) is 9.78. The van der Waals surface area contributed by atoms with Crippen molar-refractivity contribution in [2.24, 2.45) is 0 Å². The Morgan fingerprint density at radius 1 is 0.871 bits per heavy atom. The SMILES string of the molecule is CCCCCCCOc1ccc(-c2ccc(-c3nc4ccc(C)cc4[nH]3)c(F)c2)cc1. The third kappa shape index (κ3) is 5.13. The number of benzene rings is 3. The van der Waals surface area contributed by atoms with Crippen molar-refractivity contribution < 1.29 is 9.13 Å². The standard InChI is InChI=1S/C27H29FN2O/c1-3-4-5-6-7-16-31-22-12-9-20(10-13-22)21-11-14-23(24(28)18-21)27-29-25-15-8-19(2)17-26(25)30-27/h8-15,17-18H,3-7,16H2,1-2H3,(H,29,30). The van der Waals surface area contributed by atoms with Crippen molar-refractivity contribution in [1.29, 1.82) is 0 Å². The van der Waals surface area contributed by atoms with Gasteiger partial charge in [-0.15, -0.1) is 0 Å². The number of hydrogen-bond donors (Lipinski definition) is 1. The summed E-state index contributed by atoms with van der Waals surface area (Å²) in [4.78, 5) is 7.77. The molecule has 4 aromatic rings. The van der Waals surface area contributed by atoms with E-state index in [2.05, 4.69) is 16.9 Å². The monoisotopic (exact) mass is 416 g/mol. The van der Waals surface area contributed by atoms with Gasteiger partial charge >= 0.3 is 0 Å². The third-order valence-corrected chi connectivity index (χ3v) is 5.57. The predicted molar refractivity (Wildman–Crippen MR) is 126 cm³/mol. The highest BCUT2D eigenvalue weighted by molar-refractivity contribution is 5.80. The summed E-state index contributed by atoms with van der Waals surface area (Å²) in [7, 11) is 0. The minimum atomic E-state index is -0.291. The van der Waals surface area contributed by atoms with Gasteiger partial charge < -0.3 is 9.72 Å². The quantitative estimate of drug-likeness (QED) is 0.284. The van der Waals surface area contributed by atoms with Crippen LogP contribution in [0.4, 0.5) is 4.39 Å². The second-order valence-electron chi connectivity index (χ2n) is 8.09. The van der Waals surface area contributed by atoms with Crippen molar-refractivity contribution in [3.8, 4) is 28.3 Å². The number of halogens is 1. The van der Waals surface area contributed by atoms with Gasteiger partial charge in [0.05, 0.1) is 23.2 Å². The van der Waals surface area contributed by atoms with E-state index in [0.717, 1.165) is 46.5 Å². The zero-order valence-corrected chi connectivity index (χ0v) is 18.2. The van der Waals surface area contributed by atoms with Crippen molar-refractivity contribution in [3.63, 3.8) is 0 Å². The number of unbranched alkanes of at least 4 members (excludes halogenated alkanes) is 4. The van der Waals surface area contributed by atoms with E-state index in [1.807, 2.05) is 55.5 Å². The van der Waals surface area contributed by atoms with Crippen LogP contribution in [0.2, 0.25) is 0 Å². The first kappa shape index (κ1) is 21.1. The lowest BCUT2D eigenvalue weighted by Gasteiger charge is -2.08. The highest BCUT2D eigenvalue weighted by Gasteiger charge is 2.12. The summed E-state index contributed by atoms with van der Waals surface area (Å²) < 4.78 is 20.7. The maximum Gasteiger partial charge on any atom is 0.141 e. The maximum atomic E-state index is 14.9. The highest BCUT2D eigenvalue weighted by Crippen LogP contribution is 2.29. The van der Waals surface area contributed by atoms with Crippen LogP contribution in [-0.2, 0) is 0 Å². The van der Waals surface area contributed by atoms with Crippen LogP contribution < -0.4 is 4.74 Å². The van der Waals surface area contributed by atoms with Crippen LogP contribution in [0.15, 0.2) is 60.7 Å². The number of rotatable bonds is 9. The van der Waals surface area contributed by atoms with Crippen LogP contribution in [0.25, 0.3) is 33.5 Å². The Morgan fingerprint density at radius 3 is 2.42 bits per heavy atom. The van der Waals surface area contributed by atoms with E-state index in [-0.39, 0.29) is 5.82 Å². The summed E-state index contributed by atoms with van der Waals surface area (Å²) in [5.74, 6) is 1.11. The molecule has 0 aliphatic rings. The first-order valence-corrected chi connectivity index (χ1v) is 11.1. The molecule has 0 saturated heterocycles. The molecule has 0 saturated carbocycles. The molecule has 0 fully saturated rings. The number of aromatic nitrogens is 2. The van der Waals surface area contributed by atoms with Gasteiger partial charge in [0.1, 0.15) is 17.4 Å². The molecule has 0 bridgehead atoms. The molecule has 4 heteroatoms. The molecule has 31 heavy (non-hydrogen) atoms. The summed E-state index contributed by atoms with van der Waals surface area (Å²) >= 11 is 0. The third-order valence-electron chi connectivity index (χ3n) is 5.57. The normalized spacial score (nSPS) is 11.2. The molecular weight excluding hydrogens is 387 g/mol. The van der Waals surface area contributed by atoms with E-state index in [1.165, 1.54) is 25.7 Å². The summed E-state index contributed by atoms with van der Waals surface area (Å²) in [6.07, 6.45) is 6.11. The lowest BCUT2D eigenvalue weighted by atomic mass is 10.0. The van der Waals surface area contributed by atoms with E-state index >= 15 is 0 Å². The number of aromatic amines is 1. The van der Waals surface area contributed by atoms with Gasteiger partial charge in [-0.25, -0.2) is 9.37 Å². The first-order valence-electron chi connectivity index (χ1n) is 11.1. The van der Waals surface area contributed by atoms with Gasteiger partial charge in [-0.05, 0) is 66.4 Å². The topological polar surface area (TPSA) is 37.9 Å². The smallest absolute Gasteiger partial charge is 0.141 e. The number of fused-ring (bicyclic) bond motifs is 1. The average molecular weight is 417 g/mol. The number of nitrogens with zero attached hydrogens (tertiary/aromatic N) is 1. The number of imidazole rings is 1. The molecule has 0 radical (unpaired) electrons. The summed E-state index contributed by atoms with van der Waals surface area (Å²) in [5.41, 5.74) is 5.16. The molecule has 1 N–H and O–H groups in total. The largest absolute Gasteiger partial charge is 0.494 e. The molecule has 3 nitrogen and oxygen atoms in total. The van der Waals surface area contributed by atoms with E-state index in [1.54, 1.807) is 12.1 Å². The maximum absolute atomic E-state index is 14.9. The van der Waals surface area contributed by atoms with E-state index in [0.29, 0.717) is 11.4 Å². The number of hydrogen-bond acceptors (Lipinski definition) is 2. The first-order chi connectivity index (χ1) is 15.1. The summed E-state index contributed by atoms with van der Waals surface area (Å²) in [6.45, 7) is 4.99. The van der Waals surface area contributed by atoms with E-state index < -0.39 is 0 Å². The Labute approximate surface area is 183 Å². The predicted octanol–water partition coefficient (Wildman–Crippen LogP) is 7.69. The molecule has 160 valence electrons. The lowest BCUT2D eigenvalue weighted by Crippen LogP contribution is -1.97. The van der Waals surface area contributed by atoms with Gasteiger partial charge in [0.25, 0.3) is 0 Å². The number of ether oxygens (including phenoxy) is 1. The van der Waals surface area contributed by atoms with Crippen molar-refractivity contribution in [2.75, 3.05) is 6.61 Å². The van der Waals surface area contributed by atoms with Crippen molar-refractivity contribution in [3.05, 3.63) is 72.0 Å². The van der Waals surface area contributed by atoms with Crippen LogP contribution in [0.5, 0.6) is 5.75 Å². The molecule has 4 rings (SSSR count). The minimum absolute atomic E-state index is 0.291. The molecular formula is C27H29FN2O.